The van der Waals surface area contributed by atoms with Crippen LogP contribution in [-0.2, 0) is 6.42 Å². The van der Waals surface area contributed by atoms with E-state index in [9.17, 15) is 0 Å². The van der Waals surface area contributed by atoms with E-state index < -0.39 is 0 Å². The zero-order valence-electron chi connectivity index (χ0n) is 6.19. The Hall–Kier alpha value is -1.85. The van der Waals surface area contributed by atoms with Gasteiger partial charge in [0.1, 0.15) is 0 Å². The fourth-order valence-electron chi connectivity index (χ4n) is 0.884. The van der Waals surface area contributed by atoms with Crippen molar-refractivity contribution in [2.45, 2.75) is 6.42 Å². The first kappa shape index (κ1) is 6.84. The number of aromatic nitrogens is 4. The van der Waals surface area contributed by atoms with Crippen LogP contribution in [0.25, 0.3) is 0 Å². The lowest BCUT2D eigenvalue weighted by Crippen LogP contribution is -1.88. The molecule has 2 heterocycles. The number of nitrogen functional groups attached to an aromatic ring is 1. The second-order valence-electron chi connectivity index (χ2n) is 2.29. The van der Waals surface area contributed by atoms with Crippen molar-refractivity contribution < 1.29 is 4.42 Å². The summed E-state index contributed by atoms with van der Waals surface area (Å²) in [5.41, 5.74) is 6.16. The topological polar surface area (TPSA) is 93.6 Å². The molecule has 6 nitrogen and oxygen atoms in total. The van der Waals surface area contributed by atoms with Gasteiger partial charge in [-0.05, 0) is 6.07 Å². The molecule has 0 atom stereocenters. The molecule has 2 aromatic rings. The van der Waals surface area contributed by atoms with Gasteiger partial charge >= 0.3 is 6.01 Å². The number of nitrogens with zero attached hydrogens (tertiary/aromatic N) is 3. The van der Waals surface area contributed by atoms with Gasteiger partial charge in [0.15, 0.2) is 0 Å². The van der Waals surface area contributed by atoms with Crippen LogP contribution in [0.5, 0.6) is 0 Å². The van der Waals surface area contributed by atoms with Crippen molar-refractivity contribution in [1.29, 1.82) is 0 Å². The van der Waals surface area contributed by atoms with Gasteiger partial charge in [-0.2, -0.15) is 5.10 Å². The smallest absolute Gasteiger partial charge is 0.312 e. The molecule has 2 aromatic heterocycles. The van der Waals surface area contributed by atoms with E-state index in [4.69, 9.17) is 10.2 Å². The van der Waals surface area contributed by atoms with Crippen LogP contribution in [0.15, 0.2) is 16.7 Å². The Morgan fingerprint density at radius 3 is 3.00 bits per heavy atom. The number of nitrogens with two attached hydrogens (primary N) is 1. The summed E-state index contributed by atoms with van der Waals surface area (Å²) in [4.78, 5) is 0. The van der Waals surface area contributed by atoms with Crippen molar-refractivity contribution in [3.05, 3.63) is 23.8 Å². The van der Waals surface area contributed by atoms with Gasteiger partial charge < -0.3 is 10.2 Å². The molecule has 0 aliphatic carbocycles. The Bertz CT molecular complexity index is 352. The van der Waals surface area contributed by atoms with Crippen molar-refractivity contribution in [3.8, 4) is 0 Å². The molecule has 12 heavy (non-hydrogen) atoms. The Morgan fingerprint density at radius 2 is 2.42 bits per heavy atom. The van der Waals surface area contributed by atoms with Gasteiger partial charge in [0.25, 0.3) is 0 Å². The maximum absolute atomic E-state index is 5.24. The summed E-state index contributed by atoms with van der Waals surface area (Å²) in [7, 11) is 0. The number of aromatic amines is 1. The van der Waals surface area contributed by atoms with Crippen molar-refractivity contribution in [2.24, 2.45) is 0 Å². The summed E-state index contributed by atoms with van der Waals surface area (Å²) in [5, 5.41) is 13.8. The van der Waals surface area contributed by atoms with E-state index in [1.54, 1.807) is 6.20 Å². The Morgan fingerprint density at radius 1 is 1.50 bits per heavy atom. The molecule has 0 aromatic carbocycles. The summed E-state index contributed by atoms with van der Waals surface area (Å²) in [5.74, 6) is 0.483. The number of rotatable bonds is 2. The highest BCUT2D eigenvalue weighted by molar-refractivity contribution is 5.09. The van der Waals surface area contributed by atoms with Gasteiger partial charge in [0.2, 0.25) is 5.89 Å². The molecule has 0 fully saturated rings. The van der Waals surface area contributed by atoms with Gasteiger partial charge in [-0.3, -0.25) is 5.10 Å². The lowest BCUT2D eigenvalue weighted by molar-refractivity contribution is 0.520. The first-order valence-electron chi connectivity index (χ1n) is 3.41. The lowest BCUT2D eigenvalue weighted by atomic mass is 10.3. The molecule has 0 radical (unpaired) electrons. The van der Waals surface area contributed by atoms with Gasteiger partial charge in [-0.15, -0.1) is 5.10 Å². The summed E-state index contributed by atoms with van der Waals surface area (Å²) < 4.78 is 4.96. The molecule has 0 amide bonds. The van der Waals surface area contributed by atoms with Crippen LogP contribution in [0, 0.1) is 0 Å². The van der Waals surface area contributed by atoms with Crippen LogP contribution in [0.1, 0.15) is 11.6 Å². The molecule has 0 bridgehead atoms. The van der Waals surface area contributed by atoms with Crippen LogP contribution < -0.4 is 5.73 Å². The van der Waals surface area contributed by atoms with Crippen LogP contribution in [-0.4, -0.2) is 20.4 Å². The molecule has 3 N–H and O–H groups in total. The Kier molecular flexibility index (Phi) is 1.51. The molecule has 62 valence electrons. The normalized spacial score (nSPS) is 10.3. The van der Waals surface area contributed by atoms with E-state index in [2.05, 4.69) is 20.4 Å². The predicted molar refractivity (Wildman–Crippen MR) is 40.1 cm³/mol. The van der Waals surface area contributed by atoms with Gasteiger partial charge in [-0.25, -0.2) is 0 Å². The Labute approximate surface area is 67.8 Å². The second kappa shape index (κ2) is 2.65. The zero-order valence-corrected chi connectivity index (χ0v) is 6.19. The minimum absolute atomic E-state index is 0.0875. The first-order chi connectivity index (χ1) is 5.84. The molecule has 0 aliphatic heterocycles. The number of hydrogen-bond donors (Lipinski definition) is 2. The average Bonchev–Trinajstić information content (AvgIpc) is 2.63. The van der Waals surface area contributed by atoms with Gasteiger partial charge in [0, 0.05) is 11.9 Å². The van der Waals surface area contributed by atoms with Crippen LogP contribution in [0.4, 0.5) is 6.01 Å². The average molecular weight is 165 g/mol. The third-order valence-corrected chi connectivity index (χ3v) is 1.38. The maximum Gasteiger partial charge on any atom is 0.312 e. The molecule has 0 aliphatic rings. The highest BCUT2D eigenvalue weighted by Crippen LogP contribution is 2.05. The quantitative estimate of drug-likeness (QED) is 0.651. The van der Waals surface area contributed by atoms with Crippen molar-refractivity contribution in [3.63, 3.8) is 0 Å². The standard InChI is InChI=1S/C6H7N5O/c7-6-11-10-5(12-6)3-4-1-2-8-9-4/h1-2H,3H2,(H2,7,11)(H,8,9). The van der Waals surface area contributed by atoms with E-state index in [0.717, 1.165) is 5.69 Å². The SMILES string of the molecule is Nc1nnc(Cc2ccn[nH]2)o1. The minimum atomic E-state index is 0.0875. The third kappa shape index (κ3) is 1.26. The molecule has 0 unspecified atom stereocenters. The van der Waals surface area contributed by atoms with Gasteiger partial charge in [-0.1, -0.05) is 5.10 Å². The van der Waals surface area contributed by atoms with Crippen LogP contribution in [0.3, 0.4) is 0 Å². The molecule has 0 saturated carbocycles. The summed E-state index contributed by atoms with van der Waals surface area (Å²) in [6.07, 6.45) is 2.19. The number of H-pyrrole nitrogens is 1. The van der Waals surface area contributed by atoms with Crippen LogP contribution in [0.2, 0.25) is 0 Å². The maximum atomic E-state index is 5.24. The molecule has 0 saturated heterocycles. The summed E-state index contributed by atoms with van der Waals surface area (Å²) in [6.45, 7) is 0. The van der Waals surface area contributed by atoms with Gasteiger partial charge in [0.05, 0.1) is 6.42 Å². The Balaban J connectivity index is 2.14. The molecule has 0 spiro atoms. The largest absolute Gasteiger partial charge is 0.408 e. The van der Waals surface area contributed by atoms with E-state index >= 15 is 0 Å². The van der Waals surface area contributed by atoms with E-state index in [0.29, 0.717) is 12.3 Å². The zero-order chi connectivity index (χ0) is 8.39. The first-order valence-corrected chi connectivity index (χ1v) is 3.41. The highest BCUT2D eigenvalue weighted by Gasteiger charge is 2.04. The van der Waals surface area contributed by atoms with Crippen molar-refractivity contribution >= 4 is 6.01 Å². The number of anilines is 1. The molecule has 6 heteroatoms. The monoisotopic (exact) mass is 165 g/mol. The number of hydrogen-bond acceptors (Lipinski definition) is 5. The fraction of sp³-hybridized carbons (Fsp3) is 0.167. The molecular formula is C6H7N5O. The third-order valence-electron chi connectivity index (χ3n) is 1.38. The van der Waals surface area contributed by atoms with Crippen molar-refractivity contribution in [1.82, 2.24) is 20.4 Å². The number of nitrogens with one attached hydrogen (secondary N) is 1. The second-order valence-corrected chi connectivity index (χ2v) is 2.29. The van der Waals surface area contributed by atoms with E-state index in [1.165, 1.54) is 0 Å². The minimum Gasteiger partial charge on any atom is -0.408 e. The summed E-state index contributed by atoms with van der Waals surface area (Å²) in [6, 6.07) is 1.92. The van der Waals surface area contributed by atoms with Crippen molar-refractivity contribution in [2.75, 3.05) is 5.73 Å². The van der Waals surface area contributed by atoms with Crippen LogP contribution >= 0.6 is 0 Å². The highest BCUT2D eigenvalue weighted by atomic mass is 16.4. The lowest BCUT2D eigenvalue weighted by Gasteiger charge is -1.87. The molecular weight excluding hydrogens is 158 g/mol. The molecule has 2 rings (SSSR count). The van der Waals surface area contributed by atoms with E-state index in [1.807, 2.05) is 6.07 Å². The van der Waals surface area contributed by atoms with E-state index in [-0.39, 0.29) is 6.01 Å². The fourth-order valence-corrected chi connectivity index (χ4v) is 0.884. The summed E-state index contributed by atoms with van der Waals surface area (Å²) >= 11 is 0. The predicted octanol–water partition coefficient (Wildman–Crippen LogP) is -0.0343.